The Morgan fingerprint density at radius 3 is 2.94 bits per heavy atom. The number of aliphatic hydroxyl groups excluding tert-OH is 1. The molecule has 2 heterocycles. The summed E-state index contributed by atoms with van der Waals surface area (Å²) >= 11 is 0. The summed E-state index contributed by atoms with van der Waals surface area (Å²) in [5.41, 5.74) is 5.49. The monoisotopic (exact) mass is 246 g/mol. The fourth-order valence-electron chi connectivity index (χ4n) is 1.79. The second-order valence-corrected chi connectivity index (χ2v) is 5.75. The predicted molar refractivity (Wildman–Crippen MR) is 57.0 cm³/mol. The van der Waals surface area contributed by atoms with Gasteiger partial charge in [0.25, 0.3) is 0 Å². The third-order valence-corrected chi connectivity index (χ3v) is 4.65. The van der Waals surface area contributed by atoms with Crippen molar-refractivity contribution in [2.75, 3.05) is 25.4 Å². The molecule has 90 valence electrons. The number of nitrogens with two attached hydrogens (primary N) is 1. The van der Waals surface area contributed by atoms with Crippen LogP contribution >= 0.6 is 0 Å². The molecule has 4 N–H and O–H groups in total. The van der Waals surface area contributed by atoms with Crippen molar-refractivity contribution in [2.24, 2.45) is 5.92 Å². The highest BCUT2D eigenvalue weighted by Gasteiger charge is 2.33. The van der Waals surface area contributed by atoms with E-state index in [-0.39, 0.29) is 23.2 Å². The van der Waals surface area contributed by atoms with Crippen LogP contribution in [0.2, 0.25) is 0 Å². The molecule has 1 aromatic rings. The van der Waals surface area contributed by atoms with Crippen LogP contribution in [0.25, 0.3) is 0 Å². The first-order chi connectivity index (χ1) is 7.55. The number of aromatic amines is 1. The predicted octanol–water partition coefficient (Wildman–Crippen LogP) is -1.01. The van der Waals surface area contributed by atoms with E-state index in [4.69, 9.17) is 10.8 Å². The molecule has 16 heavy (non-hydrogen) atoms. The molecule has 1 saturated heterocycles. The molecule has 1 unspecified atom stereocenters. The first kappa shape index (κ1) is 11.4. The van der Waals surface area contributed by atoms with Crippen LogP contribution in [0.15, 0.2) is 11.1 Å². The normalized spacial score (nSPS) is 22.7. The van der Waals surface area contributed by atoms with Crippen molar-refractivity contribution in [3.05, 3.63) is 6.20 Å². The highest BCUT2D eigenvalue weighted by Crippen LogP contribution is 2.25. The van der Waals surface area contributed by atoms with Gasteiger partial charge in [-0.15, -0.1) is 0 Å². The molecular weight excluding hydrogens is 232 g/mol. The highest BCUT2D eigenvalue weighted by atomic mass is 32.2. The average molecular weight is 246 g/mol. The van der Waals surface area contributed by atoms with Gasteiger partial charge in [0.05, 0.1) is 6.20 Å². The van der Waals surface area contributed by atoms with E-state index in [0.29, 0.717) is 19.5 Å². The molecule has 1 aliphatic rings. The van der Waals surface area contributed by atoms with Crippen molar-refractivity contribution in [3.8, 4) is 0 Å². The number of nitrogen functional groups attached to an aromatic ring is 1. The molecule has 8 heteroatoms. The Morgan fingerprint density at radius 2 is 2.44 bits per heavy atom. The Morgan fingerprint density at radius 1 is 1.69 bits per heavy atom. The first-order valence-corrected chi connectivity index (χ1v) is 6.39. The van der Waals surface area contributed by atoms with Gasteiger partial charge in [-0.3, -0.25) is 5.10 Å². The molecule has 0 aliphatic carbocycles. The van der Waals surface area contributed by atoms with E-state index in [2.05, 4.69) is 10.2 Å². The van der Waals surface area contributed by atoms with Crippen LogP contribution in [-0.4, -0.2) is 47.7 Å². The lowest BCUT2D eigenvalue weighted by atomic mass is 10.1. The van der Waals surface area contributed by atoms with Crippen molar-refractivity contribution in [1.82, 2.24) is 14.5 Å². The minimum atomic E-state index is -3.57. The molecule has 0 saturated carbocycles. The largest absolute Gasteiger partial charge is 0.396 e. The molecule has 0 bridgehead atoms. The standard InChI is InChI=1S/C8H14N4O3S/c9-8-7(3-10-11-8)16(14,15)12-2-1-6(4-12)5-13/h3,6,13H,1-2,4-5H2,(H3,9,10,11). The summed E-state index contributed by atoms with van der Waals surface area (Å²) in [6.45, 7) is 0.758. The zero-order valence-corrected chi connectivity index (χ0v) is 9.44. The van der Waals surface area contributed by atoms with Crippen LogP contribution in [-0.2, 0) is 10.0 Å². The van der Waals surface area contributed by atoms with Gasteiger partial charge in [-0.05, 0) is 12.3 Å². The maximum Gasteiger partial charge on any atom is 0.248 e. The molecule has 1 aromatic heterocycles. The number of sulfonamides is 1. The van der Waals surface area contributed by atoms with Gasteiger partial charge in [-0.1, -0.05) is 0 Å². The molecule has 1 atom stereocenters. The van der Waals surface area contributed by atoms with Gasteiger partial charge >= 0.3 is 0 Å². The van der Waals surface area contributed by atoms with Crippen LogP contribution in [0, 0.1) is 5.92 Å². The quantitative estimate of drug-likeness (QED) is 0.633. The number of hydrogen-bond acceptors (Lipinski definition) is 5. The summed E-state index contributed by atoms with van der Waals surface area (Å²) in [5, 5.41) is 15.0. The Kier molecular flexibility index (Phi) is 2.87. The third kappa shape index (κ3) is 1.79. The Bertz CT molecular complexity index is 469. The number of hydrogen-bond donors (Lipinski definition) is 3. The van der Waals surface area contributed by atoms with Gasteiger partial charge in [0.1, 0.15) is 10.7 Å². The van der Waals surface area contributed by atoms with E-state index in [0.717, 1.165) is 0 Å². The Balaban J connectivity index is 2.25. The maximum atomic E-state index is 12.1. The van der Waals surface area contributed by atoms with E-state index >= 15 is 0 Å². The lowest BCUT2D eigenvalue weighted by molar-refractivity contribution is 0.233. The van der Waals surface area contributed by atoms with Crippen LogP contribution in [0.4, 0.5) is 5.82 Å². The maximum absolute atomic E-state index is 12.1. The Hall–Kier alpha value is -1.12. The zero-order valence-electron chi connectivity index (χ0n) is 8.63. The molecule has 1 fully saturated rings. The minimum absolute atomic E-state index is 0.00564. The van der Waals surface area contributed by atoms with Gasteiger partial charge in [0.2, 0.25) is 10.0 Å². The van der Waals surface area contributed by atoms with Gasteiger partial charge in [-0.2, -0.15) is 9.40 Å². The fourth-order valence-corrected chi connectivity index (χ4v) is 3.33. The van der Waals surface area contributed by atoms with E-state index in [1.54, 1.807) is 0 Å². The summed E-state index contributed by atoms with van der Waals surface area (Å²) in [5.74, 6) is 0.0651. The molecule has 2 rings (SSSR count). The lowest BCUT2D eigenvalue weighted by Crippen LogP contribution is -2.29. The van der Waals surface area contributed by atoms with Crippen molar-refractivity contribution >= 4 is 15.8 Å². The minimum Gasteiger partial charge on any atom is -0.396 e. The summed E-state index contributed by atoms with van der Waals surface area (Å²) in [4.78, 5) is 0.00564. The number of rotatable bonds is 3. The highest BCUT2D eigenvalue weighted by molar-refractivity contribution is 7.89. The number of aliphatic hydroxyl groups is 1. The van der Waals surface area contributed by atoms with E-state index < -0.39 is 10.0 Å². The number of anilines is 1. The molecule has 0 spiro atoms. The second-order valence-electron chi connectivity index (χ2n) is 3.85. The fraction of sp³-hybridized carbons (Fsp3) is 0.625. The molecule has 0 amide bonds. The number of H-pyrrole nitrogens is 1. The van der Waals surface area contributed by atoms with Crippen molar-refractivity contribution in [3.63, 3.8) is 0 Å². The first-order valence-electron chi connectivity index (χ1n) is 4.95. The van der Waals surface area contributed by atoms with Crippen molar-refractivity contribution in [1.29, 1.82) is 0 Å². The van der Waals surface area contributed by atoms with Crippen LogP contribution < -0.4 is 5.73 Å². The summed E-state index contributed by atoms with van der Waals surface area (Å²) in [6.07, 6.45) is 1.88. The van der Waals surface area contributed by atoms with Gasteiger partial charge < -0.3 is 10.8 Å². The smallest absolute Gasteiger partial charge is 0.248 e. The molecule has 0 aromatic carbocycles. The number of aromatic nitrogens is 2. The lowest BCUT2D eigenvalue weighted by Gasteiger charge is -2.15. The summed E-state index contributed by atoms with van der Waals surface area (Å²) < 4.78 is 25.5. The third-order valence-electron chi connectivity index (χ3n) is 2.76. The van der Waals surface area contributed by atoms with Crippen molar-refractivity contribution < 1.29 is 13.5 Å². The molecule has 7 nitrogen and oxygen atoms in total. The number of nitrogens with one attached hydrogen (secondary N) is 1. The molecule has 1 aliphatic heterocycles. The van der Waals surface area contributed by atoms with Crippen LogP contribution in [0.5, 0.6) is 0 Å². The van der Waals surface area contributed by atoms with Crippen LogP contribution in [0.3, 0.4) is 0 Å². The summed E-state index contributed by atoms with van der Waals surface area (Å²) in [6, 6.07) is 0. The van der Waals surface area contributed by atoms with Crippen LogP contribution in [0.1, 0.15) is 6.42 Å². The topological polar surface area (TPSA) is 112 Å². The van der Waals surface area contributed by atoms with E-state index in [1.807, 2.05) is 0 Å². The summed E-state index contributed by atoms with van der Waals surface area (Å²) in [7, 11) is -3.57. The zero-order chi connectivity index (χ0) is 11.8. The average Bonchev–Trinajstić information content (AvgIpc) is 2.85. The molecule has 0 radical (unpaired) electrons. The Labute approximate surface area is 93.3 Å². The SMILES string of the molecule is Nc1[nH]ncc1S(=O)(=O)N1CCC(CO)C1. The van der Waals surface area contributed by atoms with Gasteiger partial charge in [0, 0.05) is 19.7 Å². The van der Waals surface area contributed by atoms with E-state index in [1.165, 1.54) is 10.5 Å². The molecular formula is C8H14N4O3S. The van der Waals surface area contributed by atoms with E-state index in [9.17, 15) is 8.42 Å². The van der Waals surface area contributed by atoms with Crippen molar-refractivity contribution in [2.45, 2.75) is 11.3 Å². The second kappa shape index (κ2) is 4.04. The van der Waals surface area contributed by atoms with Gasteiger partial charge in [0.15, 0.2) is 0 Å². The number of nitrogens with zero attached hydrogens (tertiary/aromatic N) is 2. The van der Waals surface area contributed by atoms with Gasteiger partial charge in [-0.25, -0.2) is 8.42 Å².